The number of anilines is 2. The van der Waals surface area contributed by atoms with Crippen molar-refractivity contribution in [3.63, 3.8) is 0 Å². The molecule has 0 saturated carbocycles. The van der Waals surface area contributed by atoms with E-state index in [0.29, 0.717) is 30.7 Å². The number of pyridine rings is 1. The molecule has 212 valence electrons. The van der Waals surface area contributed by atoms with Crippen LogP contribution in [0.1, 0.15) is 37.8 Å². The molecular weight excluding hydrogens is 526 g/mol. The monoisotopic (exact) mass is 558 g/mol. The van der Waals surface area contributed by atoms with Crippen molar-refractivity contribution in [2.75, 3.05) is 30.3 Å². The smallest absolute Gasteiger partial charge is 0.355 e. The topological polar surface area (TPSA) is 97.4 Å². The number of benzene rings is 2. The number of halogens is 2. The van der Waals surface area contributed by atoms with E-state index in [-0.39, 0.29) is 46.3 Å². The van der Waals surface area contributed by atoms with Gasteiger partial charge in [0.05, 0.1) is 11.1 Å². The number of hydrogen-bond donors (Lipinski definition) is 1. The van der Waals surface area contributed by atoms with Crippen LogP contribution in [0, 0.1) is 18.6 Å². The fraction of sp³-hybridized carbons (Fsp3) is 0.290. The molecule has 1 saturated heterocycles. The highest BCUT2D eigenvalue weighted by molar-refractivity contribution is 5.91. The van der Waals surface area contributed by atoms with Gasteiger partial charge in [0.2, 0.25) is 5.91 Å². The predicted octanol–water partition coefficient (Wildman–Crippen LogP) is 4.96. The number of carbonyl (C=O) groups is 1. The Morgan fingerprint density at radius 1 is 1.12 bits per heavy atom. The largest absolute Gasteiger partial charge is 0.399 e. The van der Waals surface area contributed by atoms with E-state index in [1.807, 2.05) is 50.8 Å². The lowest BCUT2D eigenvalue weighted by Gasteiger charge is -2.40. The Bertz CT molecular complexity index is 1750. The van der Waals surface area contributed by atoms with Crippen molar-refractivity contribution in [1.29, 1.82) is 0 Å². The third kappa shape index (κ3) is 4.94. The second kappa shape index (κ2) is 10.8. The van der Waals surface area contributed by atoms with Crippen molar-refractivity contribution >= 4 is 28.4 Å². The Hall–Kier alpha value is -4.60. The van der Waals surface area contributed by atoms with Crippen LogP contribution in [0.25, 0.3) is 28.0 Å². The van der Waals surface area contributed by atoms with Crippen molar-refractivity contribution < 1.29 is 13.6 Å². The van der Waals surface area contributed by atoms with Gasteiger partial charge in [-0.05, 0) is 61.2 Å². The molecule has 1 amide bonds. The SMILES string of the molecule is C=CC(=O)N1CCN(c2nc(=O)n(-c3c(C)cccc3C(C)C)c3nc(-c4ccc(N)cc4F)c(F)cc23)[C@@H](C)C1. The number of aromatic nitrogens is 3. The molecule has 0 spiro atoms. The minimum Gasteiger partial charge on any atom is -0.399 e. The third-order valence-electron chi connectivity index (χ3n) is 7.55. The minimum atomic E-state index is -0.767. The summed E-state index contributed by atoms with van der Waals surface area (Å²) in [5.74, 6) is -1.37. The van der Waals surface area contributed by atoms with Crippen LogP contribution in [0.5, 0.6) is 0 Å². The number of hydrogen-bond acceptors (Lipinski definition) is 6. The fourth-order valence-electron chi connectivity index (χ4n) is 5.49. The summed E-state index contributed by atoms with van der Waals surface area (Å²) in [6, 6.07) is 10.7. The van der Waals surface area contributed by atoms with Gasteiger partial charge in [-0.2, -0.15) is 4.98 Å². The molecule has 2 aromatic heterocycles. The molecule has 0 radical (unpaired) electrons. The number of fused-ring (bicyclic) bond motifs is 1. The van der Waals surface area contributed by atoms with Gasteiger partial charge in [0.1, 0.15) is 23.1 Å². The van der Waals surface area contributed by atoms with Gasteiger partial charge in [0.15, 0.2) is 5.65 Å². The quantitative estimate of drug-likeness (QED) is 0.275. The zero-order chi connectivity index (χ0) is 29.6. The maximum absolute atomic E-state index is 15.8. The van der Waals surface area contributed by atoms with E-state index >= 15 is 4.39 Å². The summed E-state index contributed by atoms with van der Waals surface area (Å²) < 4.78 is 32.2. The molecule has 1 atom stereocenters. The highest BCUT2D eigenvalue weighted by Gasteiger charge is 2.30. The number of piperazine rings is 1. The van der Waals surface area contributed by atoms with Crippen LogP contribution >= 0.6 is 0 Å². The molecule has 4 aromatic rings. The summed E-state index contributed by atoms with van der Waals surface area (Å²) in [5, 5.41) is 0.301. The number of nitrogens with two attached hydrogens (primary N) is 1. The Balaban J connectivity index is 1.82. The molecule has 41 heavy (non-hydrogen) atoms. The third-order valence-corrected chi connectivity index (χ3v) is 7.55. The maximum atomic E-state index is 15.8. The number of rotatable bonds is 5. The number of carbonyl (C=O) groups excluding carboxylic acids is 1. The number of nitrogen functional groups attached to an aromatic ring is 1. The first-order valence-electron chi connectivity index (χ1n) is 13.5. The molecule has 8 nitrogen and oxygen atoms in total. The highest BCUT2D eigenvalue weighted by atomic mass is 19.1. The average Bonchev–Trinajstić information content (AvgIpc) is 2.93. The molecule has 0 unspecified atom stereocenters. The van der Waals surface area contributed by atoms with E-state index in [1.165, 1.54) is 28.8 Å². The standard InChI is InChI=1S/C31H32F2N6O2/c1-6-26(40)37-12-13-38(19(5)16-37)29-23-15-25(33)27(22-11-10-20(34)14-24(22)32)35-30(23)39(31(41)36-29)28-18(4)8-7-9-21(28)17(2)3/h6-11,14-15,17,19H,1,12-13,16,34H2,2-5H3/t19-/m0/s1. The maximum Gasteiger partial charge on any atom is 0.355 e. The summed E-state index contributed by atoms with van der Waals surface area (Å²) >= 11 is 0. The second-order valence-corrected chi connectivity index (χ2v) is 10.7. The molecule has 1 fully saturated rings. The van der Waals surface area contributed by atoms with Crippen LogP contribution in [0.2, 0.25) is 0 Å². The van der Waals surface area contributed by atoms with Crippen molar-refractivity contribution in [2.45, 2.75) is 39.7 Å². The van der Waals surface area contributed by atoms with Crippen LogP contribution < -0.4 is 16.3 Å². The Labute approximate surface area is 236 Å². The molecular formula is C31H32F2N6O2. The summed E-state index contributed by atoms with van der Waals surface area (Å²) in [6.07, 6.45) is 1.27. The lowest BCUT2D eigenvalue weighted by Crippen LogP contribution is -2.54. The highest BCUT2D eigenvalue weighted by Crippen LogP contribution is 2.34. The second-order valence-electron chi connectivity index (χ2n) is 10.7. The van der Waals surface area contributed by atoms with Crippen molar-refractivity contribution in [3.05, 3.63) is 88.4 Å². The van der Waals surface area contributed by atoms with Crippen molar-refractivity contribution in [3.8, 4) is 16.9 Å². The first kappa shape index (κ1) is 27.9. The number of nitrogens with zero attached hydrogens (tertiary/aromatic N) is 5. The van der Waals surface area contributed by atoms with Crippen molar-refractivity contribution in [2.24, 2.45) is 0 Å². The predicted molar refractivity (Wildman–Crippen MR) is 157 cm³/mol. The molecule has 1 aliphatic heterocycles. The lowest BCUT2D eigenvalue weighted by atomic mass is 9.98. The molecule has 2 N–H and O–H groups in total. The molecule has 0 bridgehead atoms. The Morgan fingerprint density at radius 3 is 2.54 bits per heavy atom. The normalized spacial score (nSPS) is 15.5. The van der Waals surface area contributed by atoms with E-state index in [0.717, 1.165) is 17.2 Å². The summed E-state index contributed by atoms with van der Waals surface area (Å²) in [4.78, 5) is 38.8. The Kier molecular flexibility index (Phi) is 7.33. The zero-order valence-electron chi connectivity index (χ0n) is 23.5. The van der Waals surface area contributed by atoms with E-state index in [2.05, 4.69) is 16.5 Å². The molecule has 3 heterocycles. The lowest BCUT2D eigenvalue weighted by molar-refractivity contribution is -0.126. The van der Waals surface area contributed by atoms with Gasteiger partial charge in [-0.15, -0.1) is 0 Å². The molecule has 1 aliphatic rings. The van der Waals surface area contributed by atoms with E-state index in [1.54, 1.807) is 4.90 Å². The fourth-order valence-corrected chi connectivity index (χ4v) is 5.49. The van der Waals surface area contributed by atoms with Gasteiger partial charge in [0, 0.05) is 36.9 Å². The van der Waals surface area contributed by atoms with Gasteiger partial charge >= 0.3 is 5.69 Å². The molecule has 0 aliphatic carbocycles. The van der Waals surface area contributed by atoms with Gasteiger partial charge in [0.25, 0.3) is 0 Å². The summed E-state index contributed by atoms with van der Waals surface area (Å²) in [7, 11) is 0. The first-order chi connectivity index (χ1) is 19.5. The first-order valence-corrected chi connectivity index (χ1v) is 13.5. The number of para-hydroxylation sites is 1. The van der Waals surface area contributed by atoms with Crippen LogP contribution in [0.3, 0.4) is 0 Å². The van der Waals surface area contributed by atoms with E-state index in [9.17, 15) is 14.0 Å². The molecule has 10 heteroatoms. The number of aryl methyl sites for hydroxylation is 1. The van der Waals surface area contributed by atoms with Gasteiger partial charge in [-0.1, -0.05) is 38.6 Å². The van der Waals surface area contributed by atoms with Gasteiger partial charge < -0.3 is 15.5 Å². The van der Waals surface area contributed by atoms with Gasteiger partial charge in [-0.25, -0.2) is 23.1 Å². The van der Waals surface area contributed by atoms with E-state index in [4.69, 9.17) is 5.73 Å². The van der Waals surface area contributed by atoms with Crippen LogP contribution in [-0.4, -0.2) is 51.0 Å². The summed E-state index contributed by atoms with van der Waals surface area (Å²) in [6.45, 7) is 12.5. The van der Waals surface area contributed by atoms with Crippen LogP contribution in [-0.2, 0) is 4.79 Å². The zero-order valence-corrected chi connectivity index (χ0v) is 23.5. The Morgan fingerprint density at radius 2 is 1.88 bits per heavy atom. The van der Waals surface area contributed by atoms with Crippen LogP contribution in [0.15, 0.2) is 59.9 Å². The van der Waals surface area contributed by atoms with E-state index < -0.39 is 17.3 Å². The van der Waals surface area contributed by atoms with Crippen molar-refractivity contribution in [1.82, 2.24) is 19.4 Å². The minimum absolute atomic E-state index is 0.0523. The average molecular weight is 559 g/mol. The van der Waals surface area contributed by atoms with Gasteiger partial charge in [-0.3, -0.25) is 4.79 Å². The molecule has 2 aromatic carbocycles. The summed E-state index contributed by atoms with van der Waals surface area (Å²) in [5.41, 5.74) is 7.47. The number of amides is 1. The van der Waals surface area contributed by atoms with Crippen LogP contribution in [0.4, 0.5) is 20.3 Å². The molecule has 5 rings (SSSR count).